The van der Waals surface area contributed by atoms with E-state index in [-0.39, 0.29) is 0 Å². The van der Waals surface area contributed by atoms with E-state index in [0.29, 0.717) is 11.3 Å². The average molecular weight is 443 g/mol. The lowest BCUT2D eigenvalue weighted by Gasteiger charge is -2.50. The number of rotatable bonds is 8. The Morgan fingerprint density at radius 1 is 1.30 bits per heavy atom. The summed E-state index contributed by atoms with van der Waals surface area (Å²) in [6, 6.07) is 8.99. The summed E-state index contributed by atoms with van der Waals surface area (Å²) in [5.41, 5.74) is 6.33. The summed E-state index contributed by atoms with van der Waals surface area (Å²) in [5, 5.41) is 0. The molecule has 3 aliphatic rings. The summed E-state index contributed by atoms with van der Waals surface area (Å²) in [5.74, 6) is 4.63. The molecule has 2 saturated carbocycles. The van der Waals surface area contributed by atoms with Crippen LogP contribution in [0.15, 0.2) is 66.8 Å². The van der Waals surface area contributed by atoms with Crippen LogP contribution in [0.25, 0.3) is 5.57 Å². The second kappa shape index (κ2) is 10.2. The van der Waals surface area contributed by atoms with Gasteiger partial charge in [-0.1, -0.05) is 86.6 Å². The summed E-state index contributed by atoms with van der Waals surface area (Å²) in [6.07, 6.45) is 20.9. The second-order valence-corrected chi connectivity index (χ2v) is 12.0. The van der Waals surface area contributed by atoms with E-state index in [2.05, 4.69) is 95.8 Å². The van der Waals surface area contributed by atoms with Gasteiger partial charge in [-0.3, -0.25) is 0 Å². The van der Waals surface area contributed by atoms with Crippen molar-refractivity contribution in [3.8, 4) is 0 Å². The molecule has 0 heterocycles. The Hall–Kier alpha value is -1.82. The van der Waals surface area contributed by atoms with Crippen LogP contribution < -0.4 is 0 Å². The standard InChI is InChI=1S/C33H46/c1-7-27(28-13-9-8-10-14-28)21-25(4)32-26(5)31(30-18-19-33(32,6)22-30)17-16-24(3)29-15-11-12-23(2)20-29/h7-9,11-13,15-16,20,25-27,30-32H,1,10,14,17-19,21-22H2,2-6H3/b24-16+. The van der Waals surface area contributed by atoms with Gasteiger partial charge in [0.15, 0.2) is 0 Å². The molecule has 1 aromatic rings. The van der Waals surface area contributed by atoms with Crippen LogP contribution in [0.3, 0.4) is 0 Å². The highest BCUT2D eigenvalue weighted by molar-refractivity contribution is 5.64. The molecule has 0 aliphatic heterocycles. The lowest BCUT2D eigenvalue weighted by Crippen LogP contribution is -2.43. The summed E-state index contributed by atoms with van der Waals surface area (Å²) in [6.45, 7) is 16.5. The first kappa shape index (κ1) is 24.3. The van der Waals surface area contributed by atoms with E-state index in [4.69, 9.17) is 0 Å². The Balaban J connectivity index is 1.51. The molecule has 0 amide bonds. The molecule has 3 aliphatic carbocycles. The molecule has 4 rings (SSSR count). The van der Waals surface area contributed by atoms with E-state index in [0.717, 1.165) is 29.6 Å². The minimum atomic E-state index is 0.530. The van der Waals surface area contributed by atoms with E-state index in [1.807, 2.05) is 0 Å². The highest BCUT2D eigenvalue weighted by Gasteiger charge is 2.53. The molecule has 2 bridgehead atoms. The molecule has 0 saturated heterocycles. The van der Waals surface area contributed by atoms with Crippen LogP contribution in [0.1, 0.15) is 83.8 Å². The molecule has 0 radical (unpaired) electrons. The molecule has 0 heteroatoms. The predicted molar refractivity (Wildman–Crippen MR) is 145 cm³/mol. The van der Waals surface area contributed by atoms with E-state index in [1.165, 1.54) is 61.6 Å². The summed E-state index contributed by atoms with van der Waals surface area (Å²) >= 11 is 0. The van der Waals surface area contributed by atoms with Crippen molar-refractivity contribution in [2.45, 2.75) is 79.6 Å². The highest BCUT2D eigenvalue weighted by atomic mass is 14.6. The largest absolute Gasteiger partial charge is 0.102 e. The zero-order chi connectivity index (χ0) is 23.6. The molecule has 7 atom stereocenters. The van der Waals surface area contributed by atoms with Crippen molar-refractivity contribution in [1.29, 1.82) is 0 Å². The Bertz CT molecular complexity index is 927. The molecule has 1 aromatic carbocycles. The number of fused-ring (bicyclic) bond motifs is 2. The molecule has 0 N–H and O–H groups in total. The number of benzene rings is 1. The van der Waals surface area contributed by atoms with Gasteiger partial charge in [-0.2, -0.15) is 0 Å². The first-order valence-electron chi connectivity index (χ1n) is 13.5. The maximum atomic E-state index is 4.24. The number of allylic oxidation sites excluding steroid dienone is 7. The smallest absolute Gasteiger partial charge is 0.00201 e. The Morgan fingerprint density at radius 2 is 2.12 bits per heavy atom. The van der Waals surface area contributed by atoms with Gasteiger partial charge in [-0.05, 0) is 111 Å². The summed E-state index contributed by atoms with van der Waals surface area (Å²) < 4.78 is 0. The third-order valence-electron chi connectivity index (χ3n) is 9.68. The number of hydrogen-bond donors (Lipinski definition) is 0. The lowest BCUT2D eigenvalue weighted by molar-refractivity contribution is -0.00855. The van der Waals surface area contributed by atoms with E-state index < -0.39 is 0 Å². The van der Waals surface area contributed by atoms with Crippen LogP contribution in [0.4, 0.5) is 0 Å². The first-order valence-corrected chi connectivity index (χ1v) is 13.5. The number of hydrogen-bond acceptors (Lipinski definition) is 0. The van der Waals surface area contributed by atoms with E-state index in [1.54, 1.807) is 5.57 Å². The zero-order valence-electron chi connectivity index (χ0n) is 21.8. The highest BCUT2D eigenvalue weighted by Crippen LogP contribution is 2.62. The van der Waals surface area contributed by atoms with E-state index in [9.17, 15) is 0 Å². The molecule has 33 heavy (non-hydrogen) atoms. The minimum Gasteiger partial charge on any atom is -0.102 e. The van der Waals surface area contributed by atoms with Crippen LogP contribution in [0, 0.1) is 47.8 Å². The second-order valence-electron chi connectivity index (χ2n) is 12.0. The van der Waals surface area contributed by atoms with Crippen molar-refractivity contribution in [1.82, 2.24) is 0 Å². The summed E-state index contributed by atoms with van der Waals surface area (Å²) in [4.78, 5) is 0. The fourth-order valence-corrected chi connectivity index (χ4v) is 8.13. The van der Waals surface area contributed by atoms with Gasteiger partial charge in [-0.15, -0.1) is 6.58 Å². The molecular weight excluding hydrogens is 396 g/mol. The van der Waals surface area contributed by atoms with Gasteiger partial charge in [0.1, 0.15) is 0 Å². The number of aryl methyl sites for hydroxylation is 1. The van der Waals surface area contributed by atoms with Crippen LogP contribution in [0.5, 0.6) is 0 Å². The Kier molecular flexibility index (Phi) is 7.52. The van der Waals surface area contributed by atoms with Gasteiger partial charge < -0.3 is 0 Å². The van der Waals surface area contributed by atoms with Crippen LogP contribution >= 0.6 is 0 Å². The van der Waals surface area contributed by atoms with Gasteiger partial charge in [0.05, 0.1) is 0 Å². The lowest BCUT2D eigenvalue weighted by atomic mass is 9.55. The van der Waals surface area contributed by atoms with Crippen molar-refractivity contribution in [2.75, 3.05) is 0 Å². The van der Waals surface area contributed by atoms with Crippen LogP contribution in [-0.4, -0.2) is 0 Å². The normalized spacial score (nSPS) is 33.5. The monoisotopic (exact) mass is 442 g/mol. The minimum absolute atomic E-state index is 0.530. The van der Waals surface area contributed by atoms with Crippen molar-refractivity contribution < 1.29 is 0 Å². The molecule has 0 nitrogen and oxygen atoms in total. The van der Waals surface area contributed by atoms with Crippen LogP contribution in [0.2, 0.25) is 0 Å². The topological polar surface area (TPSA) is 0 Å². The fourth-order valence-electron chi connectivity index (χ4n) is 8.13. The summed E-state index contributed by atoms with van der Waals surface area (Å²) in [7, 11) is 0. The van der Waals surface area contributed by atoms with Gasteiger partial charge in [-0.25, -0.2) is 0 Å². The van der Waals surface area contributed by atoms with Crippen molar-refractivity contribution in [3.05, 3.63) is 77.9 Å². The van der Waals surface area contributed by atoms with Gasteiger partial charge in [0.2, 0.25) is 0 Å². The average Bonchev–Trinajstić information content (AvgIpc) is 3.15. The van der Waals surface area contributed by atoms with Gasteiger partial charge >= 0.3 is 0 Å². The van der Waals surface area contributed by atoms with Gasteiger partial charge in [0.25, 0.3) is 0 Å². The zero-order valence-corrected chi connectivity index (χ0v) is 21.8. The van der Waals surface area contributed by atoms with E-state index >= 15 is 0 Å². The Labute approximate surface area is 204 Å². The predicted octanol–water partition coefficient (Wildman–Crippen LogP) is 9.58. The fraction of sp³-hybridized carbons (Fsp3) is 0.576. The third kappa shape index (κ3) is 5.16. The van der Waals surface area contributed by atoms with Crippen molar-refractivity contribution >= 4 is 5.57 Å². The molecule has 7 unspecified atom stereocenters. The molecule has 0 spiro atoms. The van der Waals surface area contributed by atoms with Crippen molar-refractivity contribution in [3.63, 3.8) is 0 Å². The maximum Gasteiger partial charge on any atom is -0.00201 e. The van der Waals surface area contributed by atoms with Gasteiger partial charge in [0, 0.05) is 0 Å². The first-order chi connectivity index (χ1) is 15.8. The molecule has 0 aromatic heterocycles. The quantitative estimate of drug-likeness (QED) is 0.351. The maximum absolute atomic E-state index is 4.24. The Morgan fingerprint density at radius 3 is 2.82 bits per heavy atom. The molecule has 178 valence electrons. The van der Waals surface area contributed by atoms with Crippen molar-refractivity contribution in [2.24, 2.45) is 40.9 Å². The third-order valence-corrected chi connectivity index (χ3v) is 9.68. The molecule has 2 fully saturated rings. The SMILES string of the molecule is C=CC(CC(C)C1C(C)C(C/C=C(\C)c2cccc(C)c2)C2CCC1(C)C2)C1=CC=CCC1. The van der Waals surface area contributed by atoms with Crippen LogP contribution in [-0.2, 0) is 0 Å². The molecular formula is C33H46.